The van der Waals surface area contributed by atoms with E-state index in [0.29, 0.717) is 6.61 Å². The van der Waals surface area contributed by atoms with Gasteiger partial charge in [-0.3, -0.25) is 0 Å². The van der Waals surface area contributed by atoms with E-state index in [2.05, 4.69) is 4.74 Å². The molecule has 0 saturated heterocycles. The van der Waals surface area contributed by atoms with Crippen molar-refractivity contribution < 1.29 is 32.1 Å². The molecule has 0 spiro atoms. The van der Waals surface area contributed by atoms with Crippen molar-refractivity contribution in [1.29, 1.82) is 0 Å². The predicted molar refractivity (Wildman–Crippen MR) is 81.2 cm³/mol. The molecule has 0 bridgehead atoms. The maximum absolute atomic E-state index is 14.0. The van der Waals surface area contributed by atoms with Crippen LogP contribution in [0.2, 0.25) is 0 Å². The third kappa shape index (κ3) is 4.29. The van der Waals surface area contributed by atoms with Crippen LogP contribution in [0.1, 0.15) is 24.0 Å². The second-order valence-corrected chi connectivity index (χ2v) is 6.05. The van der Waals surface area contributed by atoms with E-state index in [4.69, 9.17) is 4.74 Å². The molecule has 1 aliphatic carbocycles. The molecule has 134 valence electrons. The van der Waals surface area contributed by atoms with Gasteiger partial charge >= 0.3 is 6.36 Å². The predicted octanol–water partition coefficient (Wildman–Crippen LogP) is 4.29. The van der Waals surface area contributed by atoms with Crippen LogP contribution in [-0.2, 0) is 16.9 Å². The number of halogens is 4. The lowest BCUT2D eigenvalue weighted by atomic mass is 9.72. The van der Waals surface area contributed by atoms with Gasteiger partial charge in [-0.1, -0.05) is 30.3 Å². The minimum atomic E-state index is -4.88. The molecule has 1 fully saturated rings. The molecular weight excluding hydrogens is 340 g/mol. The number of benzene rings is 2. The Morgan fingerprint density at radius 1 is 1.08 bits per heavy atom. The van der Waals surface area contributed by atoms with Gasteiger partial charge in [0.1, 0.15) is 11.6 Å². The Balaban J connectivity index is 1.63. The highest BCUT2D eigenvalue weighted by molar-refractivity contribution is 5.35. The molecule has 0 atom stereocenters. The first-order valence-corrected chi connectivity index (χ1v) is 7.69. The third-order valence-corrected chi connectivity index (χ3v) is 4.13. The van der Waals surface area contributed by atoms with Crippen molar-refractivity contribution in [2.45, 2.75) is 37.5 Å². The molecule has 3 rings (SSSR count). The quantitative estimate of drug-likeness (QED) is 0.813. The number of ether oxygens (including phenoxy) is 2. The highest BCUT2D eigenvalue weighted by atomic mass is 19.4. The van der Waals surface area contributed by atoms with E-state index < -0.39 is 23.5 Å². The Morgan fingerprint density at radius 3 is 2.40 bits per heavy atom. The van der Waals surface area contributed by atoms with Gasteiger partial charge in [0.25, 0.3) is 0 Å². The SMILES string of the molecule is OC1(c2cc(OC(F)(F)F)ccc2F)CC(OCc2ccccc2)C1. The van der Waals surface area contributed by atoms with Crippen molar-refractivity contribution in [2.75, 3.05) is 0 Å². The molecule has 1 aliphatic rings. The summed E-state index contributed by atoms with van der Waals surface area (Å²) in [5, 5.41) is 10.5. The second kappa shape index (κ2) is 6.65. The number of hydrogen-bond acceptors (Lipinski definition) is 3. The fourth-order valence-corrected chi connectivity index (χ4v) is 2.88. The van der Waals surface area contributed by atoms with Crippen molar-refractivity contribution in [1.82, 2.24) is 0 Å². The van der Waals surface area contributed by atoms with Gasteiger partial charge in [-0.05, 0) is 23.8 Å². The van der Waals surface area contributed by atoms with Gasteiger partial charge in [0.05, 0.1) is 18.3 Å². The van der Waals surface area contributed by atoms with Crippen LogP contribution < -0.4 is 4.74 Å². The number of hydrogen-bond donors (Lipinski definition) is 1. The first-order chi connectivity index (χ1) is 11.8. The molecular formula is C18H16F4O3. The fourth-order valence-electron chi connectivity index (χ4n) is 2.88. The first kappa shape index (κ1) is 17.7. The average Bonchev–Trinajstić information content (AvgIpc) is 2.52. The highest BCUT2D eigenvalue weighted by Crippen LogP contribution is 2.45. The van der Waals surface area contributed by atoms with Gasteiger partial charge in [0.2, 0.25) is 0 Å². The van der Waals surface area contributed by atoms with E-state index in [1.165, 1.54) is 0 Å². The summed E-state index contributed by atoms with van der Waals surface area (Å²) in [6.45, 7) is 0.349. The molecule has 0 unspecified atom stereocenters. The zero-order valence-electron chi connectivity index (χ0n) is 13.1. The molecule has 1 N–H and O–H groups in total. The minimum Gasteiger partial charge on any atom is -0.406 e. The van der Waals surface area contributed by atoms with E-state index in [0.717, 1.165) is 23.8 Å². The van der Waals surface area contributed by atoms with Gasteiger partial charge < -0.3 is 14.6 Å². The summed E-state index contributed by atoms with van der Waals surface area (Å²) in [4.78, 5) is 0. The maximum atomic E-state index is 14.0. The lowest BCUT2D eigenvalue weighted by Gasteiger charge is -2.43. The molecule has 3 nitrogen and oxygen atoms in total. The Labute approximate surface area is 141 Å². The Bertz CT molecular complexity index is 725. The van der Waals surface area contributed by atoms with Crippen LogP contribution in [0.3, 0.4) is 0 Å². The summed E-state index contributed by atoms with van der Waals surface area (Å²) in [7, 11) is 0. The Hall–Kier alpha value is -2.12. The molecule has 2 aromatic rings. The van der Waals surface area contributed by atoms with Crippen molar-refractivity contribution in [3.05, 3.63) is 65.5 Å². The standard InChI is InChI=1S/C18H16F4O3/c19-16-7-6-13(25-18(20,21)22)8-15(16)17(23)9-14(10-17)24-11-12-4-2-1-3-5-12/h1-8,14,23H,9-11H2. The molecule has 0 aromatic heterocycles. The monoisotopic (exact) mass is 356 g/mol. The van der Waals surface area contributed by atoms with E-state index in [9.17, 15) is 22.7 Å². The van der Waals surface area contributed by atoms with Crippen LogP contribution in [0, 0.1) is 5.82 Å². The van der Waals surface area contributed by atoms with Crippen molar-refractivity contribution >= 4 is 0 Å². The second-order valence-electron chi connectivity index (χ2n) is 6.05. The first-order valence-electron chi connectivity index (χ1n) is 7.69. The van der Waals surface area contributed by atoms with E-state index >= 15 is 0 Å². The van der Waals surface area contributed by atoms with Crippen LogP contribution in [0.25, 0.3) is 0 Å². The lowest BCUT2D eigenvalue weighted by Crippen LogP contribution is -2.46. The van der Waals surface area contributed by atoms with Gasteiger partial charge in [-0.2, -0.15) is 0 Å². The van der Waals surface area contributed by atoms with Crippen LogP contribution in [0.4, 0.5) is 17.6 Å². The van der Waals surface area contributed by atoms with Crippen molar-refractivity contribution in [3.8, 4) is 5.75 Å². The zero-order valence-corrected chi connectivity index (χ0v) is 13.1. The average molecular weight is 356 g/mol. The molecule has 0 heterocycles. The molecule has 7 heteroatoms. The van der Waals surface area contributed by atoms with E-state index in [1.54, 1.807) is 0 Å². The zero-order chi connectivity index (χ0) is 18.1. The topological polar surface area (TPSA) is 38.7 Å². The van der Waals surface area contributed by atoms with Crippen LogP contribution in [0.15, 0.2) is 48.5 Å². The van der Waals surface area contributed by atoms with Crippen LogP contribution >= 0.6 is 0 Å². The Morgan fingerprint density at radius 2 is 1.76 bits per heavy atom. The highest BCUT2D eigenvalue weighted by Gasteiger charge is 2.46. The van der Waals surface area contributed by atoms with Gasteiger partial charge in [0.15, 0.2) is 0 Å². The van der Waals surface area contributed by atoms with Crippen LogP contribution in [-0.4, -0.2) is 17.6 Å². The molecule has 0 radical (unpaired) electrons. The van der Waals surface area contributed by atoms with E-state index in [1.807, 2.05) is 30.3 Å². The Kier molecular flexibility index (Phi) is 4.71. The van der Waals surface area contributed by atoms with Gasteiger partial charge in [-0.25, -0.2) is 4.39 Å². The minimum absolute atomic E-state index is 0.103. The summed E-state index contributed by atoms with van der Waals surface area (Å²) >= 11 is 0. The van der Waals surface area contributed by atoms with Crippen LogP contribution in [0.5, 0.6) is 5.75 Å². The van der Waals surface area contributed by atoms with Gasteiger partial charge in [0, 0.05) is 18.4 Å². The summed E-state index contributed by atoms with van der Waals surface area (Å²) in [5.74, 6) is -1.34. The molecule has 0 aliphatic heterocycles. The summed E-state index contributed by atoms with van der Waals surface area (Å²) < 4.78 is 60.3. The van der Waals surface area contributed by atoms with Gasteiger partial charge in [-0.15, -0.1) is 13.2 Å². The van der Waals surface area contributed by atoms with E-state index in [-0.39, 0.29) is 24.5 Å². The summed E-state index contributed by atoms with van der Waals surface area (Å²) in [6.07, 6.45) is -4.96. The molecule has 1 saturated carbocycles. The third-order valence-electron chi connectivity index (χ3n) is 4.13. The fraction of sp³-hybridized carbons (Fsp3) is 0.333. The maximum Gasteiger partial charge on any atom is 0.573 e. The smallest absolute Gasteiger partial charge is 0.406 e. The molecule has 25 heavy (non-hydrogen) atoms. The lowest BCUT2D eigenvalue weighted by molar-refractivity contribution is -0.274. The molecule has 0 amide bonds. The molecule has 2 aromatic carbocycles. The number of alkyl halides is 3. The van der Waals surface area contributed by atoms with Crippen molar-refractivity contribution in [2.24, 2.45) is 0 Å². The summed E-state index contributed by atoms with van der Waals surface area (Å²) in [5.41, 5.74) is -0.811. The van der Waals surface area contributed by atoms with Crippen molar-refractivity contribution in [3.63, 3.8) is 0 Å². The number of aliphatic hydroxyl groups is 1. The number of rotatable bonds is 5. The normalized spacial score (nSPS) is 23.2. The largest absolute Gasteiger partial charge is 0.573 e. The summed E-state index contributed by atoms with van der Waals surface area (Å²) in [6, 6.07) is 12.0.